The van der Waals surface area contributed by atoms with Crippen LogP contribution in [-0.2, 0) is 0 Å². The van der Waals surface area contributed by atoms with Crippen LogP contribution in [0.4, 0.5) is 0 Å². The monoisotopic (exact) mass is 280 g/mol. The van der Waals surface area contributed by atoms with Gasteiger partial charge in [-0.05, 0) is 87.7 Å². The third-order valence-electron chi connectivity index (χ3n) is 5.86. The lowest BCUT2D eigenvalue weighted by Crippen LogP contribution is -2.33. The first-order valence-corrected chi connectivity index (χ1v) is 8.91. The van der Waals surface area contributed by atoms with Gasteiger partial charge in [-0.25, -0.2) is 0 Å². The van der Waals surface area contributed by atoms with Crippen LogP contribution < -0.4 is 5.73 Å². The zero-order chi connectivity index (χ0) is 14.6. The molecule has 0 aromatic rings. The highest BCUT2D eigenvalue weighted by molar-refractivity contribution is 4.81. The second-order valence-electron chi connectivity index (χ2n) is 8.42. The van der Waals surface area contributed by atoms with Gasteiger partial charge in [0.25, 0.3) is 0 Å². The largest absolute Gasteiger partial charge is 0.330 e. The highest BCUT2D eigenvalue weighted by atomic mass is 15.1. The van der Waals surface area contributed by atoms with Gasteiger partial charge in [0.1, 0.15) is 0 Å². The van der Waals surface area contributed by atoms with Crippen LogP contribution in [0.3, 0.4) is 0 Å². The molecule has 2 rings (SSSR count). The van der Waals surface area contributed by atoms with Crippen LogP contribution in [0, 0.1) is 23.2 Å². The molecule has 2 aliphatic rings. The van der Waals surface area contributed by atoms with Crippen molar-refractivity contribution in [3.63, 3.8) is 0 Å². The van der Waals surface area contributed by atoms with Crippen molar-refractivity contribution in [1.29, 1.82) is 0 Å². The molecule has 118 valence electrons. The van der Waals surface area contributed by atoms with E-state index in [0.29, 0.717) is 5.41 Å². The lowest BCUT2D eigenvalue weighted by Gasteiger charge is -2.32. The maximum absolute atomic E-state index is 5.80. The van der Waals surface area contributed by atoms with Crippen LogP contribution >= 0.6 is 0 Å². The molecule has 1 heterocycles. The zero-order valence-electron chi connectivity index (χ0n) is 14.0. The smallest absolute Gasteiger partial charge is 0.000966 e. The Kier molecular flexibility index (Phi) is 5.92. The van der Waals surface area contributed by atoms with Gasteiger partial charge in [-0.2, -0.15) is 0 Å². The summed E-state index contributed by atoms with van der Waals surface area (Å²) >= 11 is 0. The van der Waals surface area contributed by atoms with Gasteiger partial charge in [0, 0.05) is 6.54 Å². The van der Waals surface area contributed by atoms with Crippen LogP contribution in [0.2, 0.25) is 0 Å². The topological polar surface area (TPSA) is 29.3 Å². The van der Waals surface area contributed by atoms with E-state index in [1.54, 1.807) is 0 Å². The van der Waals surface area contributed by atoms with Crippen molar-refractivity contribution in [2.45, 2.75) is 65.7 Å². The Bertz CT molecular complexity index is 274. The summed E-state index contributed by atoms with van der Waals surface area (Å²) in [6, 6.07) is 0. The Morgan fingerprint density at radius 3 is 2.15 bits per heavy atom. The lowest BCUT2D eigenvalue weighted by molar-refractivity contribution is 0.174. The van der Waals surface area contributed by atoms with E-state index in [0.717, 1.165) is 24.3 Å². The quantitative estimate of drug-likeness (QED) is 0.849. The van der Waals surface area contributed by atoms with E-state index in [9.17, 15) is 0 Å². The molecule has 20 heavy (non-hydrogen) atoms. The van der Waals surface area contributed by atoms with Crippen LogP contribution in [0.25, 0.3) is 0 Å². The summed E-state index contributed by atoms with van der Waals surface area (Å²) < 4.78 is 0. The second kappa shape index (κ2) is 7.26. The van der Waals surface area contributed by atoms with Gasteiger partial charge in [0.2, 0.25) is 0 Å². The molecular formula is C18H36N2. The van der Waals surface area contributed by atoms with E-state index in [-0.39, 0.29) is 0 Å². The second-order valence-corrected chi connectivity index (χ2v) is 8.42. The molecule has 2 fully saturated rings. The Morgan fingerprint density at radius 1 is 0.900 bits per heavy atom. The van der Waals surface area contributed by atoms with Crippen LogP contribution in [0.1, 0.15) is 65.7 Å². The van der Waals surface area contributed by atoms with Crippen molar-refractivity contribution in [3.8, 4) is 0 Å². The summed E-state index contributed by atoms with van der Waals surface area (Å²) in [5, 5.41) is 0. The molecule has 2 nitrogen and oxygen atoms in total. The van der Waals surface area contributed by atoms with Crippen molar-refractivity contribution in [2.24, 2.45) is 28.9 Å². The maximum atomic E-state index is 5.80. The average Bonchev–Trinajstić information content (AvgIpc) is 2.65. The Hall–Kier alpha value is -0.0800. The molecule has 1 atom stereocenters. The van der Waals surface area contributed by atoms with Gasteiger partial charge in [0.05, 0.1) is 0 Å². The summed E-state index contributed by atoms with van der Waals surface area (Å²) in [6.45, 7) is 12.2. The molecule has 1 aliphatic carbocycles. The number of nitrogens with zero attached hydrogens (tertiary/aromatic N) is 1. The minimum absolute atomic E-state index is 0.495. The number of hydrogen-bond acceptors (Lipinski definition) is 2. The molecule has 2 heteroatoms. The van der Waals surface area contributed by atoms with Gasteiger partial charge in [-0.3, -0.25) is 0 Å². The SMILES string of the molecule is CC(C)(C)C1CCCN(CC2CCC(CN)CC2)CC1. The number of likely N-dealkylation sites (tertiary alicyclic amines) is 1. The summed E-state index contributed by atoms with van der Waals surface area (Å²) in [7, 11) is 0. The molecule has 0 spiro atoms. The third kappa shape index (κ3) is 4.73. The van der Waals surface area contributed by atoms with E-state index in [4.69, 9.17) is 5.73 Å². The molecule has 1 saturated heterocycles. The third-order valence-corrected chi connectivity index (χ3v) is 5.86. The number of rotatable bonds is 3. The fourth-order valence-electron chi connectivity index (χ4n) is 4.22. The summed E-state index contributed by atoms with van der Waals surface area (Å²) in [6.07, 6.45) is 9.82. The maximum Gasteiger partial charge on any atom is 0.000966 e. The molecular weight excluding hydrogens is 244 g/mol. The molecule has 0 bridgehead atoms. The number of hydrogen-bond donors (Lipinski definition) is 1. The Morgan fingerprint density at radius 2 is 1.55 bits per heavy atom. The molecule has 1 unspecified atom stereocenters. The molecule has 2 N–H and O–H groups in total. The van der Waals surface area contributed by atoms with Crippen LogP contribution in [0.5, 0.6) is 0 Å². The normalized spacial score (nSPS) is 33.9. The molecule has 0 radical (unpaired) electrons. The van der Waals surface area contributed by atoms with Gasteiger partial charge in [-0.1, -0.05) is 20.8 Å². The summed E-state index contributed by atoms with van der Waals surface area (Å²) in [4.78, 5) is 2.76. The number of nitrogens with two attached hydrogens (primary N) is 1. The fraction of sp³-hybridized carbons (Fsp3) is 1.00. The summed E-state index contributed by atoms with van der Waals surface area (Å²) in [5.74, 6) is 2.69. The fourth-order valence-corrected chi connectivity index (χ4v) is 4.22. The first-order valence-electron chi connectivity index (χ1n) is 8.91. The highest BCUT2D eigenvalue weighted by Gasteiger charge is 2.28. The standard InChI is InChI=1S/C18H36N2/c1-18(2,3)17-5-4-11-20(12-10-17)14-16-8-6-15(13-19)7-9-16/h15-17H,4-14,19H2,1-3H3. The molecule has 0 amide bonds. The molecule has 0 aromatic carbocycles. The van der Waals surface area contributed by atoms with E-state index in [1.807, 2.05) is 0 Å². The van der Waals surface area contributed by atoms with Gasteiger partial charge < -0.3 is 10.6 Å². The molecule has 1 saturated carbocycles. The van der Waals surface area contributed by atoms with E-state index in [2.05, 4.69) is 25.7 Å². The van der Waals surface area contributed by atoms with Crippen molar-refractivity contribution < 1.29 is 0 Å². The molecule has 0 aromatic heterocycles. The predicted molar refractivity (Wildman–Crippen MR) is 87.7 cm³/mol. The van der Waals surface area contributed by atoms with Crippen LogP contribution in [-0.4, -0.2) is 31.1 Å². The zero-order valence-corrected chi connectivity index (χ0v) is 14.0. The average molecular weight is 280 g/mol. The van der Waals surface area contributed by atoms with E-state index < -0.39 is 0 Å². The van der Waals surface area contributed by atoms with Crippen LogP contribution in [0.15, 0.2) is 0 Å². The Labute approximate surface area is 126 Å². The van der Waals surface area contributed by atoms with Gasteiger partial charge in [0.15, 0.2) is 0 Å². The lowest BCUT2D eigenvalue weighted by atomic mass is 9.77. The first-order chi connectivity index (χ1) is 9.49. The molecule has 1 aliphatic heterocycles. The first kappa shape index (κ1) is 16.3. The van der Waals surface area contributed by atoms with Crippen molar-refractivity contribution >= 4 is 0 Å². The minimum Gasteiger partial charge on any atom is -0.330 e. The van der Waals surface area contributed by atoms with E-state index in [1.165, 1.54) is 64.6 Å². The van der Waals surface area contributed by atoms with Crippen molar-refractivity contribution in [1.82, 2.24) is 4.90 Å². The van der Waals surface area contributed by atoms with Gasteiger partial charge >= 0.3 is 0 Å². The van der Waals surface area contributed by atoms with Crippen molar-refractivity contribution in [2.75, 3.05) is 26.2 Å². The minimum atomic E-state index is 0.495. The van der Waals surface area contributed by atoms with E-state index >= 15 is 0 Å². The van der Waals surface area contributed by atoms with Gasteiger partial charge in [-0.15, -0.1) is 0 Å². The summed E-state index contributed by atoms with van der Waals surface area (Å²) in [5.41, 5.74) is 6.29. The Balaban J connectivity index is 1.74. The highest BCUT2D eigenvalue weighted by Crippen LogP contribution is 2.35. The van der Waals surface area contributed by atoms with Crippen molar-refractivity contribution in [3.05, 3.63) is 0 Å². The predicted octanol–water partition coefficient (Wildman–Crippen LogP) is 3.90.